The summed E-state index contributed by atoms with van der Waals surface area (Å²) < 4.78 is 98.8. The van der Waals surface area contributed by atoms with E-state index in [1.165, 1.54) is 0 Å². The summed E-state index contributed by atoms with van der Waals surface area (Å²) in [7, 11) is -15.2. The Bertz CT molecular complexity index is 1560. The van der Waals surface area contributed by atoms with Crippen molar-refractivity contribution in [1.29, 1.82) is 0 Å². The van der Waals surface area contributed by atoms with Crippen LogP contribution in [-0.2, 0) is 39.9 Å². The molecule has 3 rings (SSSR count). The summed E-state index contributed by atoms with van der Waals surface area (Å²) in [6.45, 7) is -0.924. The quantitative estimate of drug-likeness (QED) is 0.222. The molecule has 1 heterocycles. The van der Waals surface area contributed by atoms with Crippen molar-refractivity contribution >= 4 is 58.6 Å². The van der Waals surface area contributed by atoms with E-state index >= 15 is 0 Å². The Morgan fingerprint density at radius 1 is 0.818 bits per heavy atom. The van der Waals surface area contributed by atoms with Gasteiger partial charge in [0.05, 0.1) is 23.7 Å². The van der Waals surface area contributed by atoms with Crippen molar-refractivity contribution in [3.63, 3.8) is 0 Å². The predicted octanol–water partition coefficient (Wildman–Crippen LogP) is -0.763. The SMILES string of the molecule is O=C1C=C(Nc2cc3c(S(=O)(=O)O)cc(S(=O)(=O)O)cc3cc2S(=O)(=O)O)C(=O)N1CCO. The molecule has 1 aliphatic heterocycles. The number of imide groups is 1. The lowest BCUT2D eigenvalue weighted by molar-refractivity contribution is -0.137. The molecular formula is C16H14N2O12S3. The highest BCUT2D eigenvalue weighted by Gasteiger charge is 2.32. The lowest BCUT2D eigenvalue weighted by atomic mass is 10.1. The normalized spacial score (nSPS) is 15.3. The second-order valence-corrected chi connectivity index (χ2v) is 10.8. The monoisotopic (exact) mass is 522 g/mol. The van der Waals surface area contributed by atoms with E-state index in [-0.39, 0.29) is 6.54 Å². The van der Waals surface area contributed by atoms with Gasteiger partial charge in [0.15, 0.2) is 0 Å². The van der Waals surface area contributed by atoms with Gasteiger partial charge >= 0.3 is 0 Å². The third-order valence-electron chi connectivity index (χ3n) is 4.44. The molecular weight excluding hydrogens is 508 g/mol. The van der Waals surface area contributed by atoms with E-state index in [2.05, 4.69) is 5.32 Å². The molecule has 0 aliphatic carbocycles. The van der Waals surface area contributed by atoms with Crippen molar-refractivity contribution in [2.24, 2.45) is 0 Å². The van der Waals surface area contributed by atoms with Gasteiger partial charge in [-0.25, -0.2) is 0 Å². The average Bonchev–Trinajstić information content (AvgIpc) is 2.92. The van der Waals surface area contributed by atoms with Crippen LogP contribution >= 0.6 is 0 Å². The number of carbonyl (C=O) groups excluding carboxylic acids is 2. The average molecular weight is 522 g/mol. The van der Waals surface area contributed by atoms with Crippen LogP contribution in [0.3, 0.4) is 0 Å². The minimum atomic E-state index is -5.13. The number of rotatable bonds is 7. The highest BCUT2D eigenvalue weighted by atomic mass is 32.2. The van der Waals surface area contributed by atoms with Crippen molar-refractivity contribution in [3.8, 4) is 0 Å². The lowest BCUT2D eigenvalue weighted by Gasteiger charge is -2.16. The number of carbonyl (C=O) groups is 2. The molecule has 14 nitrogen and oxygen atoms in total. The molecule has 2 amide bonds. The summed E-state index contributed by atoms with van der Waals surface area (Å²) >= 11 is 0. The molecule has 0 saturated carbocycles. The number of nitrogens with one attached hydrogen (secondary N) is 1. The molecule has 0 bridgehead atoms. The fraction of sp³-hybridized carbons (Fsp3) is 0.125. The highest BCUT2D eigenvalue weighted by molar-refractivity contribution is 7.87. The molecule has 0 aromatic heterocycles. The molecule has 0 radical (unpaired) electrons. The highest BCUT2D eigenvalue weighted by Crippen LogP contribution is 2.34. The van der Waals surface area contributed by atoms with E-state index in [0.29, 0.717) is 23.1 Å². The second kappa shape index (κ2) is 8.13. The maximum absolute atomic E-state index is 12.3. The summed E-state index contributed by atoms with van der Waals surface area (Å²) in [5, 5.41) is 10.3. The Labute approximate surface area is 186 Å². The topological polar surface area (TPSA) is 233 Å². The largest absolute Gasteiger partial charge is 0.395 e. The van der Waals surface area contributed by atoms with Gasteiger partial charge in [-0.1, -0.05) is 0 Å². The summed E-state index contributed by atoms with van der Waals surface area (Å²) in [5.74, 6) is -1.81. The number of aliphatic hydroxyl groups excluding tert-OH is 1. The van der Waals surface area contributed by atoms with Crippen molar-refractivity contribution < 1.29 is 53.6 Å². The summed E-state index contributed by atoms with van der Waals surface area (Å²) in [5.41, 5.74) is -1.09. The number of β-amino-alcohol motifs (C(OH)–C–C–N with tert-alkyl or cyclic N) is 1. The summed E-state index contributed by atoms with van der Waals surface area (Å²) in [6, 6.07) is 2.49. The number of nitrogens with zero attached hydrogens (tertiary/aromatic N) is 1. The van der Waals surface area contributed by atoms with Gasteiger partial charge in [0.1, 0.15) is 15.5 Å². The Balaban J connectivity index is 2.31. The van der Waals surface area contributed by atoms with Crippen LogP contribution in [0.4, 0.5) is 5.69 Å². The van der Waals surface area contributed by atoms with Crippen molar-refractivity contribution in [2.75, 3.05) is 18.5 Å². The van der Waals surface area contributed by atoms with Gasteiger partial charge in [0.2, 0.25) is 0 Å². The van der Waals surface area contributed by atoms with E-state index in [0.717, 1.165) is 12.1 Å². The zero-order chi connectivity index (χ0) is 24.9. The molecule has 17 heteroatoms. The van der Waals surface area contributed by atoms with E-state index < -0.39 is 85.6 Å². The number of hydrogen-bond acceptors (Lipinski definition) is 10. The number of amides is 2. The van der Waals surface area contributed by atoms with Crippen molar-refractivity contribution in [2.45, 2.75) is 14.7 Å². The molecule has 178 valence electrons. The number of aliphatic hydroxyl groups is 1. The van der Waals surface area contributed by atoms with Gasteiger partial charge in [-0.05, 0) is 29.7 Å². The van der Waals surface area contributed by atoms with Crippen molar-refractivity contribution in [1.82, 2.24) is 4.90 Å². The molecule has 0 saturated heterocycles. The molecule has 1 aliphatic rings. The van der Waals surface area contributed by atoms with Crippen LogP contribution in [-0.4, -0.2) is 73.9 Å². The molecule has 0 spiro atoms. The van der Waals surface area contributed by atoms with Crippen LogP contribution in [0.25, 0.3) is 10.8 Å². The first kappa shape index (κ1) is 24.7. The first-order chi connectivity index (χ1) is 15.0. The minimum Gasteiger partial charge on any atom is -0.395 e. The molecule has 33 heavy (non-hydrogen) atoms. The van der Waals surface area contributed by atoms with Gasteiger partial charge in [-0.2, -0.15) is 25.3 Å². The first-order valence-electron chi connectivity index (χ1n) is 8.53. The zero-order valence-electron chi connectivity index (χ0n) is 16.0. The maximum Gasteiger partial charge on any atom is 0.296 e. The Morgan fingerprint density at radius 2 is 1.42 bits per heavy atom. The van der Waals surface area contributed by atoms with E-state index in [1.807, 2.05) is 0 Å². The van der Waals surface area contributed by atoms with E-state index in [9.17, 15) is 48.5 Å². The van der Waals surface area contributed by atoms with Crippen LogP contribution in [0.2, 0.25) is 0 Å². The van der Waals surface area contributed by atoms with Gasteiger partial charge in [-0.3, -0.25) is 28.1 Å². The molecule has 2 aromatic rings. The van der Waals surface area contributed by atoms with Crippen LogP contribution < -0.4 is 5.32 Å². The molecule has 2 aromatic carbocycles. The molecule has 0 atom stereocenters. The van der Waals surface area contributed by atoms with E-state index in [1.54, 1.807) is 0 Å². The predicted molar refractivity (Wildman–Crippen MR) is 109 cm³/mol. The summed E-state index contributed by atoms with van der Waals surface area (Å²) in [6.07, 6.45) is 0.765. The maximum atomic E-state index is 12.3. The van der Waals surface area contributed by atoms with Crippen molar-refractivity contribution in [3.05, 3.63) is 36.0 Å². The first-order valence-corrected chi connectivity index (χ1v) is 12.9. The minimum absolute atomic E-state index is 0.368. The third kappa shape index (κ3) is 4.88. The van der Waals surface area contributed by atoms with Gasteiger partial charge in [-0.15, -0.1) is 0 Å². The third-order valence-corrected chi connectivity index (χ3v) is 7.06. The molecule has 0 unspecified atom stereocenters. The lowest BCUT2D eigenvalue weighted by Crippen LogP contribution is -2.34. The van der Waals surface area contributed by atoms with Crippen LogP contribution in [0.5, 0.6) is 0 Å². The Hall–Kier alpha value is -2.93. The standard InChI is InChI=1S/C16H14N2O12S3/c19-2-1-18-15(20)7-12(16(18)21)17-11-6-10-8(4-14(11)33(28,29)30)3-9(31(22,23)24)5-13(10)32(25,26)27/h3-7,17,19H,1-2H2,(H,22,23,24)(H,25,26,27)(H,28,29,30). The number of benzene rings is 2. The smallest absolute Gasteiger partial charge is 0.296 e. The van der Waals surface area contributed by atoms with Gasteiger partial charge in [0, 0.05) is 11.5 Å². The zero-order valence-corrected chi connectivity index (χ0v) is 18.5. The second-order valence-electron chi connectivity index (χ2n) is 6.62. The number of hydrogen-bond donors (Lipinski definition) is 5. The Morgan fingerprint density at radius 3 is 1.94 bits per heavy atom. The Kier molecular flexibility index (Phi) is 6.09. The van der Waals surface area contributed by atoms with Crippen LogP contribution in [0, 0.1) is 0 Å². The van der Waals surface area contributed by atoms with Crippen LogP contribution in [0.1, 0.15) is 0 Å². The number of fused-ring (bicyclic) bond motifs is 1. The molecule has 5 N–H and O–H groups in total. The fourth-order valence-corrected chi connectivity index (χ4v) is 5.07. The van der Waals surface area contributed by atoms with Gasteiger partial charge in [0.25, 0.3) is 42.2 Å². The molecule has 0 fully saturated rings. The fourth-order valence-electron chi connectivity index (χ4n) is 3.06. The van der Waals surface area contributed by atoms with Gasteiger partial charge < -0.3 is 10.4 Å². The number of anilines is 1. The van der Waals surface area contributed by atoms with Crippen LogP contribution in [0.15, 0.2) is 50.7 Å². The summed E-state index contributed by atoms with van der Waals surface area (Å²) in [4.78, 5) is 21.9. The van der Waals surface area contributed by atoms with E-state index in [4.69, 9.17) is 5.11 Å².